The number of nitrogens with zero attached hydrogens (tertiary/aromatic N) is 1. The van der Waals surface area contributed by atoms with E-state index in [1.54, 1.807) is 36.4 Å². The summed E-state index contributed by atoms with van der Waals surface area (Å²) in [4.78, 5) is 0.151. The largest absolute Gasteiger partial charge is 0.494 e. The fourth-order valence-corrected chi connectivity index (χ4v) is 3.86. The number of aryl methyl sites for hydroxylation is 1. The van der Waals surface area contributed by atoms with Gasteiger partial charge in [0.25, 0.3) is 10.0 Å². The zero-order chi connectivity index (χ0) is 20.7. The fourth-order valence-electron chi connectivity index (χ4n) is 2.82. The van der Waals surface area contributed by atoms with Gasteiger partial charge < -0.3 is 9.31 Å². The summed E-state index contributed by atoms with van der Waals surface area (Å²) >= 11 is 0. The van der Waals surface area contributed by atoms with Crippen molar-refractivity contribution >= 4 is 28.3 Å². The molecule has 146 valence electrons. The van der Waals surface area contributed by atoms with Gasteiger partial charge in [-0.05, 0) is 70.4 Å². The molecule has 1 saturated heterocycles. The number of hydrogen-bond acceptors (Lipinski definition) is 5. The Labute approximate surface area is 166 Å². The zero-order valence-corrected chi connectivity index (χ0v) is 17.4. The molecule has 0 radical (unpaired) electrons. The highest BCUT2D eigenvalue weighted by Crippen LogP contribution is 2.36. The third kappa shape index (κ3) is 3.92. The Morgan fingerprint density at radius 1 is 1.00 bits per heavy atom. The normalized spacial score (nSPS) is 17.9. The molecule has 1 fully saturated rings. The van der Waals surface area contributed by atoms with Crippen molar-refractivity contribution < 1.29 is 17.7 Å². The molecule has 1 aliphatic heterocycles. The van der Waals surface area contributed by atoms with E-state index in [9.17, 15) is 13.7 Å². The van der Waals surface area contributed by atoms with E-state index in [-0.39, 0.29) is 10.6 Å². The minimum Gasteiger partial charge on any atom is -0.399 e. The van der Waals surface area contributed by atoms with Crippen LogP contribution in [0.3, 0.4) is 0 Å². The molecule has 1 aliphatic rings. The summed E-state index contributed by atoms with van der Waals surface area (Å²) in [6.07, 6.45) is 0. The molecule has 0 unspecified atom stereocenters. The molecule has 1 N–H and O–H groups in total. The lowest BCUT2D eigenvalue weighted by Gasteiger charge is -2.32. The number of rotatable bonds is 4. The standard InChI is InChI=1S/C20H23BN2O4S/c1-14-6-8-18(9-7-14)28(24,25)23-17-11-15(13-22)10-16(12-17)21-26-19(2,3)20(4,5)27-21/h6-12,23H,1-5H3. The van der Waals surface area contributed by atoms with Crippen LogP contribution < -0.4 is 10.2 Å². The Bertz CT molecular complexity index is 1020. The maximum Gasteiger partial charge on any atom is 0.494 e. The van der Waals surface area contributed by atoms with E-state index in [4.69, 9.17) is 9.31 Å². The number of anilines is 1. The summed E-state index contributed by atoms with van der Waals surface area (Å²) in [5, 5.41) is 9.37. The quantitative estimate of drug-likeness (QED) is 0.800. The number of nitriles is 1. The SMILES string of the molecule is Cc1ccc(S(=O)(=O)Nc2cc(C#N)cc(B3OC(C)(C)C(C)(C)O3)c2)cc1. The van der Waals surface area contributed by atoms with Crippen LogP contribution in [0, 0.1) is 18.3 Å². The number of hydrogen-bond donors (Lipinski definition) is 1. The van der Waals surface area contributed by atoms with Crippen LogP contribution >= 0.6 is 0 Å². The first kappa shape index (κ1) is 20.4. The van der Waals surface area contributed by atoms with Gasteiger partial charge in [0.05, 0.1) is 27.7 Å². The predicted molar refractivity (Wildman–Crippen MR) is 109 cm³/mol. The second kappa shape index (κ2) is 6.92. The molecule has 8 heteroatoms. The highest BCUT2D eigenvalue weighted by Gasteiger charge is 2.51. The Balaban J connectivity index is 1.94. The lowest BCUT2D eigenvalue weighted by Crippen LogP contribution is -2.41. The highest BCUT2D eigenvalue weighted by molar-refractivity contribution is 7.92. The van der Waals surface area contributed by atoms with Gasteiger partial charge in [0.2, 0.25) is 0 Å². The van der Waals surface area contributed by atoms with Gasteiger partial charge in [-0.2, -0.15) is 5.26 Å². The van der Waals surface area contributed by atoms with Crippen molar-refractivity contribution in [3.05, 3.63) is 53.6 Å². The molecule has 3 rings (SSSR count). The molecule has 2 aromatic rings. The van der Waals surface area contributed by atoms with Gasteiger partial charge in [-0.3, -0.25) is 4.72 Å². The third-order valence-corrected chi connectivity index (χ3v) is 6.59. The van der Waals surface area contributed by atoms with Crippen LogP contribution in [0.4, 0.5) is 5.69 Å². The molecule has 28 heavy (non-hydrogen) atoms. The Morgan fingerprint density at radius 3 is 2.11 bits per heavy atom. The van der Waals surface area contributed by atoms with Crippen molar-refractivity contribution in [3.8, 4) is 6.07 Å². The van der Waals surface area contributed by atoms with Gasteiger partial charge in [0, 0.05) is 5.69 Å². The number of benzene rings is 2. The second-order valence-electron chi connectivity index (χ2n) is 7.96. The van der Waals surface area contributed by atoms with Crippen molar-refractivity contribution in [2.24, 2.45) is 0 Å². The van der Waals surface area contributed by atoms with Crippen molar-refractivity contribution in [3.63, 3.8) is 0 Å². The molecule has 0 aliphatic carbocycles. The Kier molecular flexibility index (Phi) is 5.04. The van der Waals surface area contributed by atoms with E-state index in [1.165, 1.54) is 6.07 Å². The average molecular weight is 398 g/mol. The minimum atomic E-state index is -3.78. The van der Waals surface area contributed by atoms with Crippen LogP contribution in [0.5, 0.6) is 0 Å². The molecular formula is C20H23BN2O4S. The van der Waals surface area contributed by atoms with Gasteiger partial charge in [0.1, 0.15) is 0 Å². The molecule has 0 atom stereocenters. The van der Waals surface area contributed by atoms with E-state index < -0.39 is 28.3 Å². The zero-order valence-electron chi connectivity index (χ0n) is 16.6. The highest BCUT2D eigenvalue weighted by atomic mass is 32.2. The summed E-state index contributed by atoms with van der Waals surface area (Å²) in [5.41, 5.74) is 1.06. The average Bonchev–Trinajstić information content (AvgIpc) is 2.82. The molecule has 1 heterocycles. The van der Waals surface area contributed by atoms with Gasteiger partial charge >= 0.3 is 7.12 Å². The van der Waals surface area contributed by atoms with Crippen LogP contribution in [0.25, 0.3) is 0 Å². The smallest absolute Gasteiger partial charge is 0.399 e. The molecule has 2 aromatic carbocycles. The summed E-state index contributed by atoms with van der Waals surface area (Å²) in [7, 11) is -4.48. The van der Waals surface area contributed by atoms with Crippen LogP contribution in [-0.2, 0) is 19.3 Å². The minimum absolute atomic E-state index is 0.151. The molecule has 0 amide bonds. The molecule has 0 spiro atoms. The van der Waals surface area contributed by atoms with E-state index in [1.807, 2.05) is 34.6 Å². The predicted octanol–water partition coefficient (Wildman–Crippen LogP) is 2.97. The first-order chi connectivity index (χ1) is 12.9. The number of nitrogens with one attached hydrogen (secondary N) is 1. The molecule has 0 saturated carbocycles. The Morgan fingerprint density at radius 2 is 1.57 bits per heavy atom. The van der Waals surface area contributed by atoms with Crippen molar-refractivity contribution in [2.75, 3.05) is 4.72 Å². The van der Waals surface area contributed by atoms with Gasteiger partial charge in [-0.15, -0.1) is 0 Å². The van der Waals surface area contributed by atoms with E-state index >= 15 is 0 Å². The van der Waals surface area contributed by atoms with Crippen LogP contribution in [-0.4, -0.2) is 26.7 Å². The summed E-state index contributed by atoms with van der Waals surface area (Å²) in [6, 6.07) is 13.4. The lowest BCUT2D eigenvalue weighted by molar-refractivity contribution is 0.00578. The lowest BCUT2D eigenvalue weighted by atomic mass is 9.78. The maximum absolute atomic E-state index is 12.7. The van der Waals surface area contributed by atoms with Crippen LogP contribution in [0.15, 0.2) is 47.4 Å². The van der Waals surface area contributed by atoms with Crippen LogP contribution in [0.1, 0.15) is 38.8 Å². The maximum atomic E-state index is 12.7. The second-order valence-corrected chi connectivity index (χ2v) is 9.64. The topological polar surface area (TPSA) is 88.4 Å². The summed E-state index contributed by atoms with van der Waals surface area (Å²) in [5.74, 6) is 0. The van der Waals surface area contributed by atoms with E-state index in [0.29, 0.717) is 11.0 Å². The van der Waals surface area contributed by atoms with Gasteiger partial charge in [-0.1, -0.05) is 17.7 Å². The van der Waals surface area contributed by atoms with Crippen molar-refractivity contribution in [1.82, 2.24) is 0 Å². The van der Waals surface area contributed by atoms with Crippen LogP contribution in [0.2, 0.25) is 0 Å². The van der Waals surface area contributed by atoms with E-state index in [0.717, 1.165) is 5.56 Å². The van der Waals surface area contributed by atoms with Gasteiger partial charge in [0.15, 0.2) is 0 Å². The first-order valence-electron chi connectivity index (χ1n) is 8.94. The molecule has 6 nitrogen and oxygen atoms in total. The molecular weight excluding hydrogens is 375 g/mol. The summed E-state index contributed by atoms with van der Waals surface area (Å²) < 4.78 is 40.0. The monoisotopic (exact) mass is 398 g/mol. The summed E-state index contributed by atoms with van der Waals surface area (Å²) in [6.45, 7) is 9.62. The number of sulfonamides is 1. The van der Waals surface area contributed by atoms with E-state index in [2.05, 4.69) is 10.8 Å². The fraction of sp³-hybridized carbons (Fsp3) is 0.350. The van der Waals surface area contributed by atoms with Crippen molar-refractivity contribution in [2.45, 2.75) is 50.7 Å². The first-order valence-corrected chi connectivity index (χ1v) is 10.4. The van der Waals surface area contributed by atoms with Crippen molar-refractivity contribution in [1.29, 1.82) is 5.26 Å². The molecule has 0 bridgehead atoms. The third-order valence-electron chi connectivity index (χ3n) is 5.19. The Hall–Kier alpha value is -2.34. The molecule has 0 aromatic heterocycles. The van der Waals surface area contributed by atoms with Gasteiger partial charge in [-0.25, -0.2) is 8.42 Å².